The summed E-state index contributed by atoms with van der Waals surface area (Å²) in [6, 6.07) is 1.29. The van der Waals surface area contributed by atoms with E-state index in [0.717, 1.165) is 6.42 Å². The van der Waals surface area contributed by atoms with Crippen LogP contribution in [0.15, 0.2) is 12.3 Å². The zero-order valence-electron chi connectivity index (χ0n) is 12.2. The molecule has 0 unspecified atom stereocenters. The molecular formula is C14H16F3N5O. The normalized spacial score (nSPS) is 19.3. The summed E-state index contributed by atoms with van der Waals surface area (Å²) in [5, 5.41) is 0.302. The maximum Gasteiger partial charge on any atom is 0.420 e. The van der Waals surface area contributed by atoms with E-state index in [-0.39, 0.29) is 23.9 Å². The van der Waals surface area contributed by atoms with Gasteiger partial charge in [-0.1, -0.05) is 0 Å². The van der Waals surface area contributed by atoms with Crippen molar-refractivity contribution in [3.8, 4) is 0 Å². The van der Waals surface area contributed by atoms with Gasteiger partial charge in [0.2, 0.25) is 0 Å². The molecule has 0 bridgehead atoms. The summed E-state index contributed by atoms with van der Waals surface area (Å²) in [6.07, 6.45) is -1.84. The van der Waals surface area contributed by atoms with Crippen molar-refractivity contribution in [2.24, 2.45) is 11.5 Å². The predicted octanol–water partition coefficient (Wildman–Crippen LogP) is 1.61. The van der Waals surface area contributed by atoms with E-state index in [1.54, 1.807) is 4.90 Å². The number of carbonyl (C=O) groups excluding carboxylic acids is 1. The number of H-pyrrole nitrogens is 1. The highest BCUT2D eigenvalue weighted by atomic mass is 19.4. The minimum Gasteiger partial charge on any atom is -0.369 e. The zero-order chi connectivity index (χ0) is 16.8. The van der Waals surface area contributed by atoms with Crippen LogP contribution < -0.4 is 16.4 Å². The maximum atomic E-state index is 13.6. The van der Waals surface area contributed by atoms with Crippen LogP contribution in [0.3, 0.4) is 0 Å². The number of alkyl halides is 3. The first-order valence-electron chi connectivity index (χ1n) is 7.17. The number of pyridine rings is 1. The number of aromatic nitrogens is 2. The molecule has 9 heteroatoms. The van der Waals surface area contributed by atoms with Crippen molar-refractivity contribution in [1.29, 1.82) is 0 Å². The van der Waals surface area contributed by atoms with Crippen molar-refractivity contribution in [3.63, 3.8) is 0 Å². The van der Waals surface area contributed by atoms with Gasteiger partial charge in [-0.2, -0.15) is 13.2 Å². The smallest absolute Gasteiger partial charge is 0.369 e. The molecule has 1 aliphatic heterocycles. The minimum absolute atomic E-state index is 0.0762. The topological polar surface area (TPSA) is 101 Å². The summed E-state index contributed by atoms with van der Waals surface area (Å²) in [5.41, 5.74) is 9.29. The van der Waals surface area contributed by atoms with Gasteiger partial charge in [0, 0.05) is 30.7 Å². The molecule has 1 atom stereocenters. The first kappa shape index (κ1) is 15.6. The lowest BCUT2D eigenvalue weighted by Crippen LogP contribution is -2.44. The fraction of sp³-hybridized carbons (Fsp3) is 0.429. The molecule has 0 aliphatic carbocycles. The van der Waals surface area contributed by atoms with E-state index >= 15 is 0 Å². The number of aromatic amines is 1. The van der Waals surface area contributed by atoms with Gasteiger partial charge in [0.05, 0.1) is 5.69 Å². The number of anilines is 1. The second kappa shape index (κ2) is 5.41. The number of hydrogen-bond donors (Lipinski definition) is 3. The standard InChI is InChI=1S/C14H16F3N5O/c15-14(16,17)9-10(12(19)23)21-13-8(3-4-20-13)11(9)22-5-1-2-7(18)6-22/h3-4,7H,1-2,5-6,18H2,(H2,19,23)(H,20,21)/t7-/m1/s1. The number of hydrogen-bond acceptors (Lipinski definition) is 4. The number of amides is 1. The van der Waals surface area contributed by atoms with Gasteiger partial charge < -0.3 is 21.4 Å². The Kier molecular flexibility index (Phi) is 3.67. The van der Waals surface area contributed by atoms with Crippen LogP contribution in [-0.4, -0.2) is 35.0 Å². The molecule has 0 aromatic carbocycles. The van der Waals surface area contributed by atoms with E-state index in [0.29, 0.717) is 18.4 Å². The third-order valence-corrected chi connectivity index (χ3v) is 3.97. The van der Waals surface area contributed by atoms with Crippen LogP contribution in [0.2, 0.25) is 0 Å². The number of nitrogens with two attached hydrogens (primary N) is 2. The Hall–Kier alpha value is -2.29. The van der Waals surface area contributed by atoms with Gasteiger partial charge >= 0.3 is 6.18 Å². The number of nitrogens with one attached hydrogen (secondary N) is 1. The molecule has 1 fully saturated rings. The van der Waals surface area contributed by atoms with Crippen molar-refractivity contribution in [1.82, 2.24) is 9.97 Å². The van der Waals surface area contributed by atoms with E-state index < -0.39 is 23.3 Å². The van der Waals surface area contributed by atoms with E-state index in [2.05, 4.69) is 9.97 Å². The Labute approximate surface area is 129 Å². The van der Waals surface area contributed by atoms with E-state index in [4.69, 9.17) is 11.5 Å². The van der Waals surface area contributed by atoms with Crippen molar-refractivity contribution in [2.75, 3.05) is 18.0 Å². The third-order valence-electron chi connectivity index (χ3n) is 3.97. The Morgan fingerprint density at radius 1 is 1.43 bits per heavy atom. The van der Waals surface area contributed by atoms with Gasteiger partial charge in [-0.3, -0.25) is 4.79 Å². The summed E-state index contributed by atoms with van der Waals surface area (Å²) >= 11 is 0. The van der Waals surface area contributed by atoms with Gasteiger partial charge in [-0.25, -0.2) is 4.98 Å². The van der Waals surface area contributed by atoms with E-state index in [1.807, 2.05) is 0 Å². The summed E-state index contributed by atoms with van der Waals surface area (Å²) in [6.45, 7) is 0.713. The summed E-state index contributed by atoms with van der Waals surface area (Å²) in [7, 11) is 0. The predicted molar refractivity (Wildman–Crippen MR) is 79.0 cm³/mol. The van der Waals surface area contributed by atoms with Crippen LogP contribution in [0.4, 0.5) is 18.9 Å². The lowest BCUT2D eigenvalue weighted by Gasteiger charge is -2.35. The second-order valence-corrected chi connectivity index (χ2v) is 5.63. The van der Waals surface area contributed by atoms with Gasteiger partial charge in [-0.05, 0) is 18.9 Å². The first-order valence-corrected chi connectivity index (χ1v) is 7.17. The monoisotopic (exact) mass is 327 g/mol. The molecule has 1 amide bonds. The van der Waals surface area contributed by atoms with Gasteiger partial charge in [0.15, 0.2) is 0 Å². The Balaban J connectivity index is 2.31. The van der Waals surface area contributed by atoms with Crippen LogP contribution in [0.1, 0.15) is 28.9 Å². The molecule has 124 valence electrons. The zero-order valence-corrected chi connectivity index (χ0v) is 12.2. The molecule has 2 aromatic rings. The number of piperidine rings is 1. The minimum atomic E-state index is -4.75. The number of halogens is 3. The number of primary amides is 1. The van der Waals surface area contributed by atoms with Gasteiger partial charge in [0.1, 0.15) is 16.9 Å². The molecule has 6 nitrogen and oxygen atoms in total. The lowest BCUT2D eigenvalue weighted by molar-refractivity contribution is -0.137. The molecule has 23 heavy (non-hydrogen) atoms. The van der Waals surface area contributed by atoms with Crippen LogP contribution in [-0.2, 0) is 6.18 Å². The highest BCUT2D eigenvalue weighted by Gasteiger charge is 2.42. The van der Waals surface area contributed by atoms with E-state index in [1.165, 1.54) is 12.3 Å². The Morgan fingerprint density at radius 2 is 2.17 bits per heavy atom. The quantitative estimate of drug-likeness (QED) is 0.780. The molecular weight excluding hydrogens is 311 g/mol. The molecule has 0 saturated carbocycles. The van der Waals surface area contributed by atoms with Crippen LogP contribution in [0.5, 0.6) is 0 Å². The molecule has 3 heterocycles. The van der Waals surface area contributed by atoms with Crippen molar-refractivity contribution in [3.05, 3.63) is 23.5 Å². The van der Waals surface area contributed by atoms with Crippen LogP contribution in [0, 0.1) is 0 Å². The van der Waals surface area contributed by atoms with Crippen LogP contribution >= 0.6 is 0 Å². The molecule has 1 saturated heterocycles. The molecule has 0 spiro atoms. The van der Waals surface area contributed by atoms with Gasteiger partial charge in [-0.15, -0.1) is 0 Å². The SMILES string of the molecule is NC(=O)c1nc2[nH]ccc2c(N2CCC[C@@H](N)C2)c1C(F)(F)F. The van der Waals surface area contributed by atoms with Gasteiger partial charge in [0.25, 0.3) is 5.91 Å². The molecule has 0 radical (unpaired) electrons. The number of fused-ring (bicyclic) bond motifs is 1. The average molecular weight is 327 g/mol. The summed E-state index contributed by atoms with van der Waals surface area (Å²) in [5.74, 6) is -1.21. The fourth-order valence-electron chi connectivity index (χ4n) is 3.05. The van der Waals surface area contributed by atoms with Crippen molar-refractivity contribution in [2.45, 2.75) is 25.1 Å². The number of nitrogens with zero attached hydrogens (tertiary/aromatic N) is 2. The van der Waals surface area contributed by atoms with Crippen LogP contribution in [0.25, 0.3) is 11.0 Å². The molecule has 1 aliphatic rings. The average Bonchev–Trinajstić information content (AvgIpc) is 2.92. The lowest BCUT2D eigenvalue weighted by atomic mass is 10.0. The largest absolute Gasteiger partial charge is 0.420 e. The van der Waals surface area contributed by atoms with E-state index in [9.17, 15) is 18.0 Å². The highest BCUT2D eigenvalue weighted by molar-refractivity contribution is 6.01. The van der Waals surface area contributed by atoms with Crippen molar-refractivity contribution >= 4 is 22.6 Å². The van der Waals surface area contributed by atoms with Crippen molar-refractivity contribution < 1.29 is 18.0 Å². The third kappa shape index (κ3) is 2.72. The summed E-state index contributed by atoms with van der Waals surface area (Å²) < 4.78 is 40.9. The Morgan fingerprint density at radius 3 is 2.78 bits per heavy atom. The second-order valence-electron chi connectivity index (χ2n) is 5.63. The maximum absolute atomic E-state index is 13.6. The molecule has 5 N–H and O–H groups in total. The Bertz CT molecular complexity index is 755. The fourth-order valence-corrected chi connectivity index (χ4v) is 3.05. The molecule has 3 rings (SSSR count). The summed E-state index contributed by atoms with van der Waals surface area (Å²) in [4.78, 5) is 19.6. The first-order chi connectivity index (χ1) is 10.8. The number of rotatable bonds is 2. The highest BCUT2D eigenvalue weighted by Crippen LogP contribution is 2.42. The molecule has 2 aromatic heterocycles. The number of carbonyl (C=O) groups is 1.